The number of nitrogens with two attached hydrogens (primary N) is 1. The van der Waals surface area contributed by atoms with E-state index in [0.717, 1.165) is 0 Å². The van der Waals surface area contributed by atoms with E-state index in [-0.39, 0.29) is 12.2 Å². The molecule has 1 amide bonds. The zero-order chi connectivity index (χ0) is 11.0. The van der Waals surface area contributed by atoms with Crippen molar-refractivity contribution in [3.8, 4) is 5.88 Å². The Kier molecular flexibility index (Phi) is 2.34. The molecule has 2 N–H and O–H groups in total. The van der Waals surface area contributed by atoms with Gasteiger partial charge in [0.1, 0.15) is 6.10 Å². The summed E-state index contributed by atoms with van der Waals surface area (Å²) in [5.41, 5.74) is 5.17. The Labute approximate surface area is 86.0 Å². The summed E-state index contributed by atoms with van der Waals surface area (Å²) in [4.78, 5) is 10.8. The molecule has 0 aliphatic carbocycles. The van der Waals surface area contributed by atoms with E-state index in [0.29, 0.717) is 12.3 Å². The van der Waals surface area contributed by atoms with Crippen LogP contribution in [0.2, 0.25) is 0 Å². The number of rotatable bonds is 2. The molecule has 2 rings (SSSR count). The topological polar surface area (TPSA) is 70.1 Å². The molecule has 0 aromatic carbocycles. The van der Waals surface area contributed by atoms with Crippen LogP contribution in [0.1, 0.15) is 23.8 Å². The molecule has 0 saturated carbocycles. The van der Waals surface area contributed by atoms with Gasteiger partial charge in [-0.1, -0.05) is 6.92 Å². The summed E-state index contributed by atoms with van der Waals surface area (Å²) in [5.74, 6) is -0.228. The Balaban J connectivity index is 2.29. The number of nitrogens with zero attached hydrogens (tertiary/aromatic N) is 2. The minimum Gasteiger partial charge on any atom is -0.471 e. The van der Waals surface area contributed by atoms with Crippen LogP contribution in [0.15, 0.2) is 6.07 Å². The third-order valence-electron chi connectivity index (χ3n) is 2.42. The van der Waals surface area contributed by atoms with Crippen LogP contribution in [0.3, 0.4) is 0 Å². The zero-order valence-corrected chi connectivity index (χ0v) is 8.31. The van der Waals surface area contributed by atoms with Crippen molar-refractivity contribution in [2.24, 2.45) is 5.73 Å². The van der Waals surface area contributed by atoms with Gasteiger partial charge in [0.25, 0.3) is 5.91 Å². The Morgan fingerprint density at radius 3 is 3.20 bits per heavy atom. The first-order valence-electron chi connectivity index (χ1n) is 4.80. The van der Waals surface area contributed by atoms with Gasteiger partial charge in [0, 0.05) is 6.07 Å². The largest absolute Gasteiger partial charge is 0.471 e. The van der Waals surface area contributed by atoms with E-state index in [1.165, 1.54) is 10.7 Å². The van der Waals surface area contributed by atoms with Crippen molar-refractivity contribution in [2.45, 2.75) is 32.2 Å². The van der Waals surface area contributed by atoms with E-state index in [1.54, 1.807) is 0 Å². The standard InChI is InChI=1S/C9H12FN3O2/c1-2-7-5(10)4-13-8(15-7)3-6(12-13)9(11)14/h3,5,7H,2,4H2,1H3,(H2,11,14). The first-order chi connectivity index (χ1) is 7.11. The van der Waals surface area contributed by atoms with Gasteiger partial charge in [0.05, 0.1) is 6.54 Å². The van der Waals surface area contributed by atoms with Crippen molar-refractivity contribution >= 4 is 5.91 Å². The molecular weight excluding hydrogens is 201 g/mol. The summed E-state index contributed by atoms with van der Waals surface area (Å²) >= 11 is 0. The normalized spacial score (nSPS) is 24.4. The fraction of sp³-hybridized carbons (Fsp3) is 0.556. The number of carbonyl (C=O) groups is 1. The smallest absolute Gasteiger partial charge is 0.269 e. The molecule has 2 atom stereocenters. The van der Waals surface area contributed by atoms with Crippen LogP contribution in [-0.4, -0.2) is 28.0 Å². The van der Waals surface area contributed by atoms with Gasteiger partial charge in [0.15, 0.2) is 11.9 Å². The number of carbonyl (C=O) groups excluding carboxylic acids is 1. The molecule has 0 fully saturated rings. The molecule has 0 spiro atoms. The fourth-order valence-corrected chi connectivity index (χ4v) is 1.60. The number of hydrogen-bond acceptors (Lipinski definition) is 3. The number of hydrogen-bond donors (Lipinski definition) is 1. The first kappa shape index (κ1) is 9.95. The van der Waals surface area contributed by atoms with E-state index >= 15 is 0 Å². The molecule has 0 radical (unpaired) electrons. The molecular formula is C9H12FN3O2. The van der Waals surface area contributed by atoms with Crippen molar-refractivity contribution in [1.82, 2.24) is 9.78 Å². The van der Waals surface area contributed by atoms with Gasteiger partial charge in [-0.25, -0.2) is 9.07 Å². The Morgan fingerprint density at radius 1 is 1.87 bits per heavy atom. The molecule has 1 aromatic heterocycles. The molecule has 6 heteroatoms. The average Bonchev–Trinajstić information content (AvgIpc) is 2.59. The van der Waals surface area contributed by atoms with E-state index in [1.807, 2.05) is 6.92 Å². The molecule has 82 valence electrons. The molecule has 2 heterocycles. The van der Waals surface area contributed by atoms with Crippen LogP contribution in [-0.2, 0) is 6.54 Å². The molecule has 0 bridgehead atoms. The highest BCUT2D eigenvalue weighted by Crippen LogP contribution is 2.25. The predicted molar refractivity (Wildman–Crippen MR) is 50.3 cm³/mol. The minimum absolute atomic E-state index is 0.106. The average molecular weight is 213 g/mol. The van der Waals surface area contributed by atoms with Gasteiger partial charge >= 0.3 is 0 Å². The summed E-state index contributed by atoms with van der Waals surface area (Å²) in [6, 6.07) is 1.44. The SMILES string of the molecule is CCC1Oc2cc(C(N)=O)nn2CC1F. The number of halogens is 1. The van der Waals surface area contributed by atoms with Gasteiger partial charge in [-0.3, -0.25) is 4.79 Å². The second-order valence-electron chi connectivity index (χ2n) is 3.49. The third-order valence-corrected chi connectivity index (χ3v) is 2.42. The third kappa shape index (κ3) is 1.67. The van der Waals surface area contributed by atoms with Crippen molar-refractivity contribution in [2.75, 3.05) is 0 Å². The lowest BCUT2D eigenvalue weighted by atomic mass is 10.1. The van der Waals surface area contributed by atoms with Crippen molar-refractivity contribution in [3.63, 3.8) is 0 Å². The van der Waals surface area contributed by atoms with Crippen molar-refractivity contribution < 1.29 is 13.9 Å². The molecule has 5 nitrogen and oxygen atoms in total. The summed E-state index contributed by atoms with van der Waals surface area (Å²) in [6.45, 7) is 1.96. The quantitative estimate of drug-likeness (QED) is 0.777. The first-order valence-corrected chi connectivity index (χ1v) is 4.80. The van der Waals surface area contributed by atoms with E-state index in [9.17, 15) is 9.18 Å². The number of alkyl halides is 1. The van der Waals surface area contributed by atoms with Gasteiger partial charge < -0.3 is 10.5 Å². The monoisotopic (exact) mass is 213 g/mol. The Bertz CT molecular complexity index is 391. The summed E-state index contributed by atoms with van der Waals surface area (Å²) in [6.07, 6.45) is -0.976. The van der Waals surface area contributed by atoms with Gasteiger partial charge in [-0.15, -0.1) is 0 Å². The maximum Gasteiger partial charge on any atom is 0.269 e. The Hall–Kier alpha value is -1.59. The number of aromatic nitrogens is 2. The zero-order valence-electron chi connectivity index (χ0n) is 8.31. The van der Waals surface area contributed by atoms with E-state index < -0.39 is 18.2 Å². The van der Waals surface area contributed by atoms with Crippen LogP contribution in [0.25, 0.3) is 0 Å². The lowest BCUT2D eigenvalue weighted by Crippen LogP contribution is -2.36. The maximum absolute atomic E-state index is 13.4. The van der Waals surface area contributed by atoms with Gasteiger partial charge in [-0.2, -0.15) is 5.10 Å². The van der Waals surface area contributed by atoms with Crippen molar-refractivity contribution in [3.05, 3.63) is 11.8 Å². The highest BCUT2D eigenvalue weighted by molar-refractivity contribution is 5.91. The lowest BCUT2D eigenvalue weighted by molar-refractivity contribution is 0.0425. The van der Waals surface area contributed by atoms with Gasteiger partial charge in [0.2, 0.25) is 5.88 Å². The number of fused-ring (bicyclic) bond motifs is 1. The highest BCUT2D eigenvalue weighted by Gasteiger charge is 2.30. The van der Waals surface area contributed by atoms with Crippen LogP contribution in [0, 0.1) is 0 Å². The van der Waals surface area contributed by atoms with Crippen molar-refractivity contribution in [1.29, 1.82) is 0 Å². The van der Waals surface area contributed by atoms with Crippen LogP contribution in [0.4, 0.5) is 4.39 Å². The van der Waals surface area contributed by atoms with E-state index in [2.05, 4.69) is 5.10 Å². The second kappa shape index (κ2) is 3.52. The Morgan fingerprint density at radius 2 is 2.60 bits per heavy atom. The van der Waals surface area contributed by atoms with Crippen LogP contribution >= 0.6 is 0 Å². The minimum atomic E-state index is -1.09. The van der Waals surface area contributed by atoms with E-state index in [4.69, 9.17) is 10.5 Å². The number of amides is 1. The maximum atomic E-state index is 13.4. The summed E-state index contributed by atoms with van der Waals surface area (Å²) in [7, 11) is 0. The highest BCUT2D eigenvalue weighted by atomic mass is 19.1. The van der Waals surface area contributed by atoms with Crippen LogP contribution < -0.4 is 10.5 Å². The molecule has 1 aliphatic heterocycles. The van der Waals surface area contributed by atoms with Gasteiger partial charge in [-0.05, 0) is 6.42 Å². The number of primary amides is 1. The van der Waals surface area contributed by atoms with Crippen LogP contribution in [0.5, 0.6) is 5.88 Å². The summed E-state index contributed by atoms with van der Waals surface area (Å²) < 4.78 is 20.1. The predicted octanol–water partition coefficient (Wildman–Crippen LogP) is 0.491. The molecule has 2 unspecified atom stereocenters. The summed E-state index contributed by atoms with van der Waals surface area (Å²) in [5, 5.41) is 3.85. The fourth-order valence-electron chi connectivity index (χ4n) is 1.60. The molecule has 0 saturated heterocycles. The number of ether oxygens (including phenoxy) is 1. The molecule has 1 aliphatic rings. The lowest BCUT2D eigenvalue weighted by Gasteiger charge is -2.26. The molecule has 15 heavy (non-hydrogen) atoms. The molecule has 1 aromatic rings. The second-order valence-corrected chi connectivity index (χ2v) is 3.49.